The van der Waals surface area contributed by atoms with Crippen molar-refractivity contribution in [1.82, 2.24) is 4.57 Å². The normalized spacial score (nSPS) is 10.4. The lowest BCUT2D eigenvalue weighted by atomic mass is 10.3. The average Bonchev–Trinajstić information content (AvgIpc) is 2.81. The number of hydrogen-bond acceptors (Lipinski definition) is 5. The number of hydrogen-bond donors (Lipinski definition) is 1. The summed E-state index contributed by atoms with van der Waals surface area (Å²) in [5, 5.41) is 4.12. The van der Waals surface area contributed by atoms with Crippen LogP contribution in [0.25, 0.3) is 0 Å². The SMILES string of the molecule is Cc1csc(=O)n1CC(=O)OCC(=O)Nc1cc(Cl)ccc1F. The number of esters is 1. The van der Waals surface area contributed by atoms with Gasteiger partial charge in [0.2, 0.25) is 0 Å². The zero-order valence-electron chi connectivity index (χ0n) is 12.0. The molecule has 0 radical (unpaired) electrons. The van der Waals surface area contributed by atoms with Crippen LogP contribution in [0.1, 0.15) is 5.69 Å². The first-order valence-electron chi connectivity index (χ1n) is 6.42. The van der Waals surface area contributed by atoms with Crippen LogP contribution in [-0.4, -0.2) is 23.1 Å². The van der Waals surface area contributed by atoms with Gasteiger partial charge >= 0.3 is 10.8 Å². The van der Waals surface area contributed by atoms with Gasteiger partial charge in [0.1, 0.15) is 12.4 Å². The summed E-state index contributed by atoms with van der Waals surface area (Å²) in [6.45, 7) is 0.801. The Kier molecular flexibility index (Phi) is 5.51. The first-order chi connectivity index (χ1) is 10.9. The lowest BCUT2D eigenvalue weighted by Gasteiger charge is -2.08. The molecule has 0 aliphatic heterocycles. The molecule has 122 valence electrons. The number of anilines is 1. The molecule has 0 aliphatic carbocycles. The molecule has 2 rings (SSSR count). The van der Waals surface area contributed by atoms with Gasteiger partial charge in [-0.1, -0.05) is 22.9 Å². The van der Waals surface area contributed by atoms with Crippen LogP contribution in [0.4, 0.5) is 10.1 Å². The monoisotopic (exact) mass is 358 g/mol. The van der Waals surface area contributed by atoms with Crippen LogP contribution >= 0.6 is 22.9 Å². The molecule has 0 bridgehead atoms. The molecule has 0 spiro atoms. The minimum Gasteiger partial charge on any atom is -0.454 e. The fourth-order valence-corrected chi connectivity index (χ4v) is 2.60. The predicted octanol–water partition coefficient (Wildman–Crippen LogP) is 2.19. The number of benzene rings is 1. The molecular formula is C14H12ClFN2O4S. The number of carbonyl (C=O) groups excluding carboxylic acids is 2. The van der Waals surface area contributed by atoms with Crippen molar-refractivity contribution in [3.8, 4) is 0 Å². The van der Waals surface area contributed by atoms with Gasteiger partial charge in [0.25, 0.3) is 5.91 Å². The van der Waals surface area contributed by atoms with Gasteiger partial charge in [-0.15, -0.1) is 0 Å². The second-order valence-electron chi connectivity index (χ2n) is 4.56. The van der Waals surface area contributed by atoms with Crippen molar-refractivity contribution in [2.24, 2.45) is 0 Å². The van der Waals surface area contributed by atoms with Crippen LogP contribution in [0.2, 0.25) is 5.02 Å². The number of thiazole rings is 1. The Bertz CT molecular complexity index is 802. The zero-order valence-corrected chi connectivity index (χ0v) is 13.5. The lowest BCUT2D eigenvalue weighted by molar-refractivity contribution is -0.147. The number of aryl methyl sites for hydroxylation is 1. The van der Waals surface area contributed by atoms with Crippen molar-refractivity contribution in [2.75, 3.05) is 11.9 Å². The number of rotatable bonds is 5. The zero-order chi connectivity index (χ0) is 17.0. The van der Waals surface area contributed by atoms with Gasteiger partial charge in [0.15, 0.2) is 6.61 Å². The molecule has 1 aromatic carbocycles. The second kappa shape index (κ2) is 7.38. The number of halogens is 2. The van der Waals surface area contributed by atoms with Crippen molar-refractivity contribution in [3.63, 3.8) is 0 Å². The Balaban J connectivity index is 1.88. The van der Waals surface area contributed by atoms with Crippen LogP contribution < -0.4 is 10.2 Å². The van der Waals surface area contributed by atoms with Gasteiger partial charge in [-0.05, 0) is 25.1 Å². The third-order valence-corrected chi connectivity index (χ3v) is 3.95. The van der Waals surface area contributed by atoms with E-state index < -0.39 is 24.3 Å². The van der Waals surface area contributed by atoms with Crippen molar-refractivity contribution in [1.29, 1.82) is 0 Å². The summed E-state index contributed by atoms with van der Waals surface area (Å²) in [5.41, 5.74) is 0.519. The highest BCUT2D eigenvalue weighted by atomic mass is 35.5. The number of nitrogens with zero attached hydrogens (tertiary/aromatic N) is 1. The molecular weight excluding hydrogens is 347 g/mol. The molecule has 23 heavy (non-hydrogen) atoms. The third kappa shape index (κ3) is 4.64. The Morgan fingerprint density at radius 3 is 2.83 bits per heavy atom. The molecule has 1 heterocycles. The molecule has 6 nitrogen and oxygen atoms in total. The predicted molar refractivity (Wildman–Crippen MR) is 84.3 cm³/mol. The minimum atomic E-state index is -0.740. The summed E-state index contributed by atoms with van der Waals surface area (Å²) in [7, 11) is 0. The molecule has 1 N–H and O–H groups in total. The van der Waals surface area contributed by atoms with Crippen LogP contribution in [0.15, 0.2) is 28.4 Å². The van der Waals surface area contributed by atoms with E-state index in [9.17, 15) is 18.8 Å². The maximum Gasteiger partial charge on any atom is 0.326 e. The van der Waals surface area contributed by atoms with E-state index in [4.69, 9.17) is 16.3 Å². The van der Waals surface area contributed by atoms with E-state index in [0.29, 0.717) is 5.69 Å². The van der Waals surface area contributed by atoms with Crippen molar-refractivity contribution in [3.05, 3.63) is 49.8 Å². The summed E-state index contributed by atoms with van der Waals surface area (Å²) < 4.78 is 19.5. The first kappa shape index (κ1) is 17.2. The number of aromatic nitrogens is 1. The molecule has 0 aliphatic rings. The molecule has 0 unspecified atom stereocenters. The Morgan fingerprint density at radius 2 is 2.17 bits per heavy atom. The highest BCUT2D eigenvalue weighted by molar-refractivity contribution is 7.07. The van der Waals surface area contributed by atoms with Crippen LogP contribution in [0, 0.1) is 12.7 Å². The number of nitrogens with one attached hydrogen (secondary N) is 1. The molecule has 0 saturated carbocycles. The van der Waals surface area contributed by atoms with Gasteiger partial charge < -0.3 is 10.1 Å². The van der Waals surface area contributed by atoms with Gasteiger partial charge in [-0.25, -0.2) is 4.39 Å². The van der Waals surface area contributed by atoms with Gasteiger partial charge in [-0.3, -0.25) is 19.0 Å². The highest BCUT2D eigenvalue weighted by Crippen LogP contribution is 2.19. The summed E-state index contributed by atoms with van der Waals surface area (Å²) in [4.78, 5) is 34.5. The second-order valence-corrected chi connectivity index (χ2v) is 5.82. The molecule has 0 saturated heterocycles. The number of ether oxygens (including phenoxy) is 1. The molecule has 0 atom stereocenters. The Hall–Kier alpha value is -2.19. The maximum atomic E-state index is 13.5. The Morgan fingerprint density at radius 1 is 1.43 bits per heavy atom. The highest BCUT2D eigenvalue weighted by Gasteiger charge is 2.13. The fourth-order valence-electron chi connectivity index (χ4n) is 1.70. The molecule has 1 aromatic heterocycles. The van der Waals surface area contributed by atoms with E-state index in [0.717, 1.165) is 17.4 Å². The van der Waals surface area contributed by atoms with Crippen LogP contribution in [0.5, 0.6) is 0 Å². The van der Waals surface area contributed by atoms with Gasteiger partial charge in [0, 0.05) is 16.1 Å². The summed E-state index contributed by atoms with van der Waals surface area (Å²) in [5.74, 6) is -2.11. The standard InChI is InChI=1S/C14H12ClFN2O4S/c1-8-7-23-14(21)18(8)5-13(20)22-6-12(19)17-11-4-9(15)2-3-10(11)16/h2-4,7H,5-6H2,1H3,(H,17,19). The lowest BCUT2D eigenvalue weighted by Crippen LogP contribution is -2.26. The van der Waals surface area contributed by atoms with Crippen LogP contribution in [0.3, 0.4) is 0 Å². The van der Waals surface area contributed by atoms with Crippen molar-refractivity contribution in [2.45, 2.75) is 13.5 Å². The summed E-state index contributed by atoms with van der Waals surface area (Å²) in [6.07, 6.45) is 0. The number of amides is 1. The van der Waals surface area contributed by atoms with E-state index in [1.807, 2.05) is 0 Å². The summed E-state index contributed by atoms with van der Waals surface area (Å²) >= 11 is 6.67. The van der Waals surface area contributed by atoms with Gasteiger partial charge in [-0.2, -0.15) is 0 Å². The van der Waals surface area contributed by atoms with E-state index in [2.05, 4.69) is 5.32 Å². The molecule has 0 fully saturated rings. The molecule has 2 aromatic rings. The molecule has 1 amide bonds. The topological polar surface area (TPSA) is 77.4 Å². The van der Waals surface area contributed by atoms with Crippen molar-refractivity contribution >= 4 is 40.5 Å². The minimum absolute atomic E-state index is 0.108. The quantitative estimate of drug-likeness (QED) is 0.831. The van der Waals surface area contributed by atoms with E-state index in [-0.39, 0.29) is 22.1 Å². The fraction of sp³-hybridized carbons (Fsp3) is 0.214. The number of carbonyl (C=O) groups is 2. The smallest absolute Gasteiger partial charge is 0.326 e. The van der Waals surface area contributed by atoms with Gasteiger partial charge in [0.05, 0.1) is 5.69 Å². The van der Waals surface area contributed by atoms with E-state index in [1.165, 1.54) is 16.7 Å². The average molecular weight is 359 g/mol. The maximum absolute atomic E-state index is 13.5. The first-order valence-corrected chi connectivity index (χ1v) is 7.68. The van der Waals surface area contributed by atoms with Crippen molar-refractivity contribution < 1.29 is 18.7 Å². The summed E-state index contributed by atoms with van der Waals surface area (Å²) in [6, 6.07) is 3.69. The Labute approximate surface area is 139 Å². The van der Waals surface area contributed by atoms with E-state index >= 15 is 0 Å². The molecule has 9 heteroatoms. The van der Waals surface area contributed by atoms with Crippen LogP contribution in [-0.2, 0) is 20.9 Å². The third-order valence-electron chi connectivity index (χ3n) is 2.83. The largest absolute Gasteiger partial charge is 0.454 e. The van der Waals surface area contributed by atoms with E-state index in [1.54, 1.807) is 12.3 Å².